The fourth-order valence-corrected chi connectivity index (χ4v) is 5.45. The number of nitrogens with two attached hydrogens (primary N) is 8. The Morgan fingerprint density at radius 2 is 0.505 bits per heavy atom. The molecule has 0 heterocycles. The van der Waals surface area contributed by atoms with Crippen molar-refractivity contribution in [2.24, 2.45) is 45.9 Å². The number of likely N-dealkylation sites (N-methyl/N-ethyl adjacent to an activating group) is 8. The smallest absolute Gasteiger partial charge is 1.00 e. The number of benzene rings is 1. The minimum absolute atomic E-state index is 0. The van der Waals surface area contributed by atoms with Crippen LogP contribution in [-0.2, 0) is 19.2 Å². The molecule has 0 saturated heterocycles. The fourth-order valence-electron chi connectivity index (χ4n) is 5.45. The van der Waals surface area contributed by atoms with Gasteiger partial charge in [-0.05, 0) is 207 Å². The quantitative estimate of drug-likeness (QED) is 0.0596. The Morgan fingerprint density at radius 3 is 0.637 bits per heavy atom. The SMILES string of the molecule is CCC.CCC.CN.CN.CN.CN.CN.CN(C)C.CN([C-]=O)C(C)(C)C(C)(C)N(C)C(=O)Oc1ccccc1.CN([C-]=O)C(C)(C)C(C)(C)N(C)C(N)=O.CN([C-]=O)C(C)(C)C(C)(C)N(C)C(N)=O.CN([C-]=O)C(C)(C)C(C)(C)N(C)C(N)=O.N.[Be+2].[Be+2].[Be+2].[Be+2].[H-].[H-].[H-].[H-]. The molecule has 0 aromatic heterocycles. The summed E-state index contributed by atoms with van der Waals surface area (Å²) in [6.07, 6.45) is 9.31. The van der Waals surface area contributed by atoms with Crippen molar-refractivity contribution >= 4 is 90.3 Å². The van der Waals surface area contributed by atoms with Gasteiger partial charge >= 0.3 is 64.7 Å². The number of ether oxygens (including phenoxy) is 1. The third-order valence-electron chi connectivity index (χ3n) is 15.5. The standard InChI is InChI=1S/C16H23N2O3.3C10H20N3O2.C3H9N.2C3H8.5CH5N.4Be.H3N.4H/c1-15(2,17(5)12-19)16(3,4)18(6)14(20)21-13-10-8-7-9-11-13;3*1-9(2,12(5)7-14)10(3,4)13(6)8(11)15;1-4(2)3;2*1-3-2;5*1-2;;;;;;;;;/h7-11H,1-6H3;3*1-6H3,(H2,11,15);1-3H3;2*3H2,1-2H3;5*2H2,1H3;;;;;1H3;;;;/q4*-1;;;;;;;;;4*+2;;4*-1. The van der Waals surface area contributed by atoms with Gasteiger partial charge in [0, 0.05) is 50.3 Å². The Hall–Kier alpha value is -5.42. The van der Waals surface area contributed by atoms with Gasteiger partial charge in [0.2, 0.25) is 0 Å². The number of hydrogen-bond donors (Lipinski definition) is 9. The predicted octanol–water partition coefficient (Wildman–Crippen LogP) is 4.31. The van der Waals surface area contributed by atoms with Gasteiger partial charge in [0.15, 0.2) is 0 Å². The van der Waals surface area contributed by atoms with E-state index in [0.717, 1.165) is 0 Å². The van der Waals surface area contributed by atoms with Gasteiger partial charge in [-0.3, -0.25) is 0 Å². The zero-order chi connectivity index (χ0) is 72.6. The van der Waals surface area contributed by atoms with Crippen molar-refractivity contribution < 1.29 is 48.8 Å². The van der Waals surface area contributed by atoms with E-state index in [1.807, 2.05) is 169 Å². The van der Waals surface area contributed by atoms with Gasteiger partial charge in [0.25, 0.3) is 0 Å². The van der Waals surface area contributed by atoms with E-state index in [9.17, 15) is 38.4 Å². The first-order valence-corrected chi connectivity index (χ1v) is 28.0. The van der Waals surface area contributed by atoms with Gasteiger partial charge in [-0.15, -0.1) is 0 Å². The molecule has 1 aromatic rings. The van der Waals surface area contributed by atoms with Crippen molar-refractivity contribution in [3.63, 3.8) is 0 Å². The van der Waals surface area contributed by atoms with Crippen LogP contribution in [0.5, 0.6) is 5.75 Å². The summed E-state index contributed by atoms with van der Waals surface area (Å²) in [5, 5.41) is 0. The molecule has 11 amide bonds. The largest absolute Gasteiger partial charge is 2.00 e. The fraction of sp³-hybridized carbons (Fsp3) is 0.767. The summed E-state index contributed by atoms with van der Waals surface area (Å²) in [6, 6.07) is 7.32. The topological polar surface area (TPSA) is 418 Å². The Bertz CT molecular complexity index is 1800. The van der Waals surface area contributed by atoms with Gasteiger partial charge in [0.1, 0.15) is 5.75 Å². The van der Waals surface area contributed by atoms with E-state index in [4.69, 9.17) is 21.9 Å². The van der Waals surface area contributed by atoms with E-state index in [2.05, 4.69) is 56.4 Å². The van der Waals surface area contributed by atoms with E-state index >= 15 is 0 Å². The summed E-state index contributed by atoms with van der Waals surface area (Å²) in [5.74, 6) is 0.485. The molecule has 0 aliphatic rings. The van der Waals surface area contributed by atoms with Crippen LogP contribution in [-0.4, -0.2) is 291 Å². The molecule has 27 nitrogen and oxygen atoms in total. The molecule has 0 spiro atoms. The molecule has 532 valence electrons. The molecule has 0 radical (unpaired) electrons. The molecule has 0 fully saturated rings. The van der Waals surface area contributed by atoms with E-state index in [0.29, 0.717) is 5.75 Å². The number of hydrogen-bond acceptors (Lipinski definition) is 16. The van der Waals surface area contributed by atoms with Crippen molar-refractivity contribution in [2.75, 3.05) is 113 Å². The number of amides is 11. The average Bonchev–Trinajstić information content (AvgIpc) is 3.46. The predicted molar refractivity (Wildman–Crippen MR) is 393 cm³/mol. The van der Waals surface area contributed by atoms with Crippen LogP contribution in [0.4, 0.5) is 19.2 Å². The first kappa shape index (κ1) is 126. The van der Waals surface area contributed by atoms with Crippen LogP contribution in [0.3, 0.4) is 0 Å². The van der Waals surface area contributed by atoms with Crippen LogP contribution in [0.1, 0.15) is 157 Å². The third-order valence-corrected chi connectivity index (χ3v) is 15.5. The van der Waals surface area contributed by atoms with Crippen LogP contribution in [0.25, 0.3) is 0 Å². The van der Waals surface area contributed by atoms with Crippen LogP contribution in [0.2, 0.25) is 0 Å². The van der Waals surface area contributed by atoms with Crippen molar-refractivity contribution in [3.8, 4) is 5.75 Å². The van der Waals surface area contributed by atoms with Crippen molar-refractivity contribution in [1.82, 2.24) is 50.2 Å². The molecular formula is C60H140Be4N18O9. The Balaban J connectivity index is -0.0000000391. The number of carbonyl (C=O) groups excluding carboxylic acids is 8. The molecule has 31 heteroatoms. The molecule has 0 aliphatic carbocycles. The summed E-state index contributed by atoms with van der Waals surface area (Å²) in [5.41, 5.74) is 33.5. The van der Waals surface area contributed by atoms with Gasteiger partial charge in [-0.25, -0.2) is 19.2 Å². The summed E-state index contributed by atoms with van der Waals surface area (Å²) in [4.78, 5) is 102. The number of rotatable bonds is 17. The minimum Gasteiger partial charge on any atom is -1.00 e. The minimum atomic E-state index is -0.648. The van der Waals surface area contributed by atoms with Crippen LogP contribution < -0.4 is 56.8 Å². The maximum Gasteiger partial charge on any atom is 2.00 e. The van der Waals surface area contributed by atoms with Crippen molar-refractivity contribution in [1.29, 1.82) is 0 Å². The molecule has 1 rings (SSSR count). The summed E-state index contributed by atoms with van der Waals surface area (Å²) in [7, 11) is 26.5. The Kier molecular flexibility index (Phi) is 88.0. The third kappa shape index (κ3) is 43.9. The van der Waals surface area contributed by atoms with E-state index in [1.165, 1.54) is 87.3 Å². The van der Waals surface area contributed by atoms with Crippen LogP contribution >= 0.6 is 0 Å². The second-order valence-electron chi connectivity index (χ2n) is 22.8. The zero-order valence-corrected chi connectivity index (χ0v) is 64.7. The molecular weight excluding hydrogens is 1150 g/mol. The second-order valence-corrected chi connectivity index (χ2v) is 22.8. The average molecular weight is 1290 g/mol. The summed E-state index contributed by atoms with van der Waals surface area (Å²) >= 11 is 0. The summed E-state index contributed by atoms with van der Waals surface area (Å²) in [6.45, 7) is 38.3. The molecule has 0 unspecified atom stereocenters. The number of primary amides is 3. The number of carbonyl (C=O) groups is 4. The first-order chi connectivity index (χ1) is 39.0. The molecule has 0 bridgehead atoms. The first-order valence-electron chi connectivity index (χ1n) is 28.0. The normalized spacial score (nSPS) is 9.82. The summed E-state index contributed by atoms with van der Waals surface area (Å²) < 4.78 is 5.34. The van der Waals surface area contributed by atoms with Crippen LogP contribution in [0, 0.1) is 0 Å². The maximum absolute atomic E-state index is 12.3. The van der Waals surface area contributed by atoms with Crippen molar-refractivity contribution in [3.05, 3.63) is 30.3 Å². The van der Waals surface area contributed by atoms with Gasteiger partial charge < -0.3 is 126 Å². The zero-order valence-electron chi connectivity index (χ0n) is 68.7. The van der Waals surface area contributed by atoms with Gasteiger partial charge in [0.05, 0.1) is 22.2 Å². The van der Waals surface area contributed by atoms with Crippen LogP contribution in [0.15, 0.2) is 30.3 Å². The van der Waals surface area contributed by atoms with E-state index in [-0.39, 0.29) is 52.3 Å². The molecule has 1 aromatic carbocycles. The molecule has 19 N–H and O–H groups in total. The molecule has 91 heavy (non-hydrogen) atoms. The maximum atomic E-state index is 12.3. The molecule has 0 saturated carbocycles. The van der Waals surface area contributed by atoms with Gasteiger partial charge in [-0.2, -0.15) is 25.6 Å². The second kappa shape index (κ2) is 63.3. The molecule has 0 aliphatic heterocycles. The van der Waals surface area contributed by atoms with E-state index in [1.54, 1.807) is 80.6 Å². The number of nitrogens with zero attached hydrogens (tertiary/aromatic N) is 9. The van der Waals surface area contributed by atoms with Gasteiger partial charge in [-0.1, -0.05) is 58.7 Å². The number of urea groups is 3. The van der Waals surface area contributed by atoms with E-state index < -0.39 is 68.5 Å². The molecule has 0 atom stereocenters. The Labute approximate surface area is 577 Å². The van der Waals surface area contributed by atoms with Crippen molar-refractivity contribution in [2.45, 2.75) is 196 Å². The Morgan fingerprint density at radius 1 is 0.363 bits per heavy atom. The monoisotopic (exact) mass is 1290 g/mol. The number of para-hydroxylation sites is 1.